The lowest BCUT2D eigenvalue weighted by molar-refractivity contribution is -0.143. The zero-order chi connectivity index (χ0) is 19.2. The minimum Gasteiger partial charge on any atom is -0.468 e. The van der Waals surface area contributed by atoms with Crippen molar-refractivity contribution in [1.29, 1.82) is 0 Å². The molecular formula is C20H25N3O3. The van der Waals surface area contributed by atoms with E-state index in [1.165, 1.54) is 7.11 Å². The van der Waals surface area contributed by atoms with Crippen LogP contribution in [0.15, 0.2) is 54.9 Å². The summed E-state index contributed by atoms with van der Waals surface area (Å²) in [5.41, 5.74) is 1.03. The number of methoxy groups -OCH3 is 1. The zero-order valence-electron chi connectivity index (χ0n) is 15.5. The van der Waals surface area contributed by atoms with Gasteiger partial charge in [0.25, 0.3) is 0 Å². The van der Waals surface area contributed by atoms with Crippen LogP contribution in [0.4, 0.5) is 0 Å². The van der Waals surface area contributed by atoms with Crippen LogP contribution in [-0.4, -0.2) is 29.5 Å². The summed E-state index contributed by atoms with van der Waals surface area (Å²) in [5.74, 6) is -0.688. The zero-order valence-corrected chi connectivity index (χ0v) is 15.5. The quantitative estimate of drug-likeness (QED) is 0.779. The van der Waals surface area contributed by atoms with Crippen LogP contribution in [-0.2, 0) is 14.3 Å². The number of pyridine rings is 1. The normalized spacial score (nSPS) is 13.5. The Bertz CT molecular complexity index is 727. The van der Waals surface area contributed by atoms with Crippen LogP contribution in [0.5, 0.6) is 0 Å². The topological polar surface area (TPSA) is 80.3 Å². The van der Waals surface area contributed by atoms with Crippen LogP contribution in [0.2, 0.25) is 0 Å². The van der Waals surface area contributed by atoms with E-state index < -0.39 is 23.6 Å². The van der Waals surface area contributed by atoms with Crippen LogP contribution in [0.25, 0.3) is 0 Å². The maximum atomic E-state index is 12.9. The number of rotatable bonds is 6. The van der Waals surface area contributed by atoms with Crippen molar-refractivity contribution in [1.82, 2.24) is 15.6 Å². The molecular weight excluding hydrogens is 330 g/mol. The summed E-state index contributed by atoms with van der Waals surface area (Å²) in [4.78, 5) is 29.2. The number of nitrogens with zero attached hydrogens (tertiary/aromatic N) is 1. The van der Waals surface area contributed by atoms with Crippen molar-refractivity contribution in [2.24, 2.45) is 0 Å². The van der Waals surface area contributed by atoms with E-state index in [0.29, 0.717) is 5.56 Å². The van der Waals surface area contributed by atoms with Gasteiger partial charge >= 0.3 is 5.97 Å². The molecule has 1 heterocycles. The molecule has 2 aromatic rings. The van der Waals surface area contributed by atoms with Gasteiger partial charge in [0.2, 0.25) is 5.91 Å². The second-order valence-corrected chi connectivity index (χ2v) is 6.99. The van der Waals surface area contributed by atoms with Gasteiger partial charge < -0.3 is 10.1 Å². The molecule has 2 atom stereocenters. The predicted octanol–water partition coefficient (Wildman–Crippen LogP) is 2.54. The van der Waals surface area contributed by atoms with E-state index in [-0.39, 0.29) is 5.91 Å². The molecule has 6 heteroatoms. The molecule has 138 valence electrons. The molecule has 0 aliphatic heterocycles. The van der Waals surface area contributed by atoms with Crippen LogP contribution in [0.1, 0.15) is 44.0 Å². The van der Waals surface area contributed by atoms with Gasteiger partial charge in [-0.05, 0) is 44.0 Å². The Balaban J connectivity index is 2.37. The Morgan fingerprint density at radius 1 is 0.962 bits per heavy atom. The molecule has 0 radical (unpaired) electrons. The predicted molar refractivity (Wildman–Crippen MR) is 99.2 cm³/mol. The minimum atomic E-state index is -0.773. The number of esters is 1. The molecule has 1 aromatic heterocycles. The molecule has 0 saturated heterocycles. The van der Waals surface area contributed by atoms with E-state index in [0.717, 1.165) is 5.56 Å². The fraction of sp³-hybridized carbons (Fsp3) is 0.350. The van der Waals surface area contributed by atoms with E-state index >= 15 is 0 Å². The summed E-state index contributed by atoms with van der Waals surface area (Å²) in [6, 6.07) is 11.2. The van der Waals surface area contributed by atoms with E-state index in [4.69, 9.17) is 4.74 Å². The molecule has 2 rings (SSSR count). The molecule has 0 spiro atoms. The molecule has 0 aliphatic carbocycles. The van der Waals surface area contributed by atoms with E-state index in [1.807, 2.05) is 51.1 Å². The number of ether oxygens (including phenoxy) is 1. The highest BCUT2D eigenvalue weighted by atomic mass is 16.5. The highest BCUT2D eigenvalue weighted by molar-refractivity contribution is 5.85. The molecule has 1 aromatic carbocycles. The van der Waals surface area contributed by atoms with Crippen molar-refractivity contribution in [3.05, 3.63) is 66.0 Å². The lowest BCUT2D eigenvalue weighted by atomic mass is 10.0. The Kier molecular flexibility index (Phi) is 6.46. The monoisotopic (exact) mass is 355 g/mol. The first-order chi connectivity index (χ1) is 12.3. The molecule has 1 amide bonds. The van der Waals surface area contributed by atoms with Gasteiger partial charge in [-0.2, -0.15) is 0 Å². The third kappa shape index (κ3) is 5.39. The first-order valence-electron chi connectivity index (χ1n) is 8.42. The minimum absolute atomic E-state index is 0.228. The van der Waals surface area contributed by atoms with Gasteiger partial charge in [0.05, 0.1) is 7.11 Å². The van der Waals surface area contributed by atoms with Crippen molar-refractivity contribution in [3.63, 3.8) is 0 Å². The molecule has 0 saturated carbocycles. The smallest absolute Gasteiger partial charge is 0.327 e. The Labute approximate surface area is 154 Å². The summed E-state index contributed by atoms with van der Waals surface area (Å²) in [6.45, 7) is 5.72. The highest BCUT2D eigenvalue weighted by Crippen LogP contribution is 2.22. The van der Waals surface area contributed by atoms with Crippen molar-refractivity contribution in [2.45, 2.75) is 38.4 Å². The van der Waals surface area contributed by atoms with Gasteiger partial charge in [-0.1, -0.05) is 30.3 Å². The first-order valence-corrected chi connectivity index (χ1v) is 8.42. The molecule has 26 heavy (non-hydrogen) atoms. The number of amides is 1. The summed E-state index contributed by atoms with van der Waals surface area (Å²) < 4.78 is 4.94. The summed E-state index contributed by atoms with van der Waals surface area (Å²) >= 11 is 0. The third-order valence-corrected chi connectivity index (χ3v) is 3.70. The van der Waals surface area contributed by atoms with Gasteiger partial charge in [-0.15, -0.1) is 0 Å². The summed E-state index contributed by atoms with van der Waals surface area (Å²) in [5, 5.41) is 6.10. The fourth-order valence-electron chi connectivity index (χ4n) is 2.55. The lowest BCUT2D eigenvalue weighted by Crippen LogP contribution is -2.48. The highest BCUT2D eigenvalue weighted by Gasteiger charge is 2.31. The number of carbonyl (C=O) groups is 2. The molecule has 6 nitrogen and oxygen atoms in total. The van der Waals surface area contributed by atoms with Gasteiger partial charge in [-0.3, -0.25) is 15.1 Å². The largest absolute Gasteiger partial charge is 0.468 e. The van der Waals surface area contributed by atoms with Gasteiger partial charge in [0, 0.05) is 17.9 Å². The van der Waals surface area contributed by atoms with Crippen LogP contribution in [0.3, 0.4) is 0 Å². The maximum Gasteiger partial charge on any atom is 0.327 e. The fourth-order valence-corrected chi connectivity index (χ4v) is 2.55. The SMILES string of the molecule is COC(=O)C(NC(C(=O)NC(C)(C)C)c1ccncc1)c1ccccc1. The van der Waals surface area contributed by atoms with Crippen molar-refractivity contribution in [2.75, 3.05) is 7.11 Å². The van der Waals surface area contributed by atoms with Crippen molar-refractivity contribution >= 4 is 11.9 Å². The number of carbonyl (C=O) groups excluding carboxylic acids is 2. The molecule has 2 unspecified atom stereocenters. The second-order valence-electron chi connectivity index (χ2n) is 6.99. The lowest BCUT2D eigenvalue weighted by Gasteiger charge is -2.28. The van der Waals surface area contributed by atoms with Gasteiger partial charge in [0.15, 0.2) is 0 Å². The molecule has 0 fully saturated rings. The van der Waals surface area contributed by atoms with E-state index in [1.54, 1.807) is 24.5 Å². The van der Waals surface area contributed by atoms with Crippen molar-refractivity contribution in [3.8, 4) is 0 Å². The first kappa shape index (κ1) is 19.6. The number of nitrogens with one attached hydrogen (secondary N) is 2. The number of hydrogen-bond donors (Lipinski definition) is 2. The van der Waals surface area contributed by atoms with Gasteiger partial charge in [-0.25, -0.2) is 4.79 Å². The maximum absolute atomic E-state index is 12.9. The molecule has 0 aliphatic rings. The molecule has 2 N–H and O–H groups in total. The van der Waals surface area contributed by atoms with Crippen LogP contribution in [0, 0.1) is 0 Å². The summed E-state index contributed by atoms with van der Waals surface area (Å²) in [7, 11) is 1.33. The Morgan fingerprint density at radius 3 is 2.08 bits per heavy atom. The van der Waals surface area contributed by atoms with Gasteiger partial charge in [0.1, 0.15) is 12.1 Å². The number of benzene rings is 1. The van der Waals surface area contributed by atoms with E-state index in [2.05, 4.69) is 15.6 Å². The Morgan fingerprint density at radius 2 is 1.54 bits per heavy atom. The van der Waals surface area contributed by atoms with E-state index in [9.17, 15) is 9.59 Å². The number of aromatic nitrogens is 1. The average Bonchev–Trinajstić information content (AvgIpc) is 2.62. The number of hydrogen-bond acceptors (Lipinski definition) is 5. The van der Waals surface area contributed by atoms with Crippen molar-refractivity contribution < 1.29 is 14.3 Å². The van der Waals surface area contributed by atoms with Crippen LogP contribution < -0.4 is 10.6 Å². The second kappa shape index (κ2) is 8.58. The van der Waals surface area contributed by atoms with Crippen LogP contribution >= 0.6 is 0 Å². The standard InChI is InChI=1S/C20H25N3O3/c1-20(2,3)23-18(24)16(15-10-12-21-13-11-15)22-17(19(25)26-4)14-8-6-5-7-9-14/h5-13,16-17,22H,1-4H3,(H,23,24). The third-order valence-electron chi connectivity index (χ3n) is 3.70. The summed E-state index contributed by atoms with van der Waals surface area (Å²) in [6.07, 6.45) is 3.23. The molecule has 0 bridgehead atoms. The average molecular weight is 355 g/mol. The Hall–Kier alpha value is -2.73.